The van der Waals surface area contributed by atoms with E-state index < -0.39 is 0 Å². The highest BCUT2D eigenvalue weighted by molar-refractivity contribution is 7.13. The molecule has 0 saturated carbocycles. The molecule has 0 spiro atoms. The summed E-state index contributed by atoms with van der Waals surface area (Å²) in [7, 11) is 0. The summed E-state index contributed by atoms with van der Waals surface area (Å²) >= 11 is 1.73. The third kappa shape index (κ3) is 2.56. The molecule has 0 radical (unpaired) electrons. The van der Waals surface area contributed by atoms with Crippen LogP contribution in [0.4, 0.5) is 0 Å². The normalized spacial score (nSPS) is 10.4. The molecule has 1 heterocycles. The van der Waals surface area contributed by atoms with Crippen LogP contribution in [0.5, 0.6) is 0 Å². The maximum atomic E-state index is 12.3. The maximum Gasteiger partial charge on any atom is 0.193 e. The van der Waals surface area contributed by atoms with Crippen LogP contribution in [-0.4, -0.2) is 5.78 Å². The van der Waals surface area contributed by atoms with Gasteiger partial charge >= 0.3 is 0 Å². The highest BCUT2D eigenvalue weighted by Crippen LogP contribution is 2.27. The van der Waals surface area contributed by atoms with Crippen LogP contribution in [0, 0.1) is 6.92 Å². The van der Waals surface area contributed by atoms with Crippen molar-refractivity contribution in [1.29, 1.82) is 0 Å². The van der Waals surface area contributed by atoms with E-state index in [1.165, 1.54) is 10.4 Å². The first-order valence-electron chi connectivity index (χ1n) is 6.49. The number of rotatable bonds is 3. The molecule has 0 saturated heterocycles. The van der Waals surface area contributed by atoms with Crippen molar-refractivity contribution in [3.8, 4) is 10.4 Å². The number of thiophene rings is 1. The van der Waals surface area contributed by atoms with E-state index in [1.807, 2.05) is 54.6 Å². The summed E-state index contributed by atoms with van der Waals surface area (Å²) in [6.07, 6.45) is 0. The highest BCUT2D eigenvalue weighted by Gasteiger charge is 2.08. The second-order valence-corrected chi connectivity index (χ2v) is 5.67. The largest absolute Gasteiger partial charge is 0.289 e. The Bertz CT molecular complexity index is 724. The van der Waals surface area contributed by atoms with Crippen molar-refractivity contribution < 1.29 is 4.79 Å². The van der Waals surface area contributed by atoms with E-state index >= 15 is 0 Å². The second kappa shape index (κ2) is 5.43. The molecule has 0 aliphatic carbocycles. The Balaban J connectivity index is 1.88. The van der Waals surface area contributed by atoms with Crippen LogP contribution in [0.15, 0.2) is 66.0 Å². The van der Waals surface area contributed by atoms with Gasteiger partial charge in [0.2, 0.25) is 0 Å². The van der Waals surface area contributed by atoms with E-state index in [1.54, 1.807) is 11.3 Å². The molecule has 0 aliphatic heterocycles. The fourth-order valence-corrected chi connectivity index (χ4v) is 3.03. The molecule has 0 bridgehead atoms. The van der Waals surface area contributed by atoms with Crippen LogP contribution in [-0.2, 0) is 0 Å². The van der Waals surface area contributed by atoms with Gasteiger partial charge in [-0.15, -0.1) is 11.3 Å². The molecule has 0 atom stereocenters. The van der Waals surface area contributed by atoms with Crippen molar-refractivity contribution in [3.05, 3.63) is 82.7 Å². The van der Waals surface area contributed by atoms with Gasteiger partial charge in [-0.05, 0) is 29.5 Å². The number of ketones is 1. The van der Waals surface area contributed by atoms with Gasteiger partial charge in [0, 0.05) is 16.0 Å². The minimum Gasteiger partial charge on any atom is -0.289 e. The molecule has 2 aromatic carbocycles. The second-order valence-electron chi connectivity index (χ2n) is 4.76. The third-order valence-corrected chi connectivity index (χ3v) is 4.30. The molecular formula is C18H14OS. The molecule has 0 unspecified atom stereocenters. The van der Waals surface area contributed by atoms with Gasteiger partial charge in [-0.3, -0.25) is 4.79 Å². The van der Waals surface area contributed by atoms with Crippen LogP contribution in [0.3, 0.4) is 0 Å². The predicted octanol–water partition coefficient (Wildman–Crippen LogP) is 4.95. The van der Waals surface area contributed by atoms with Crippen molar-refractivity contribution in [2.45, 2.75) is 6.92 Å². The van der Waals surface area contributed by atoms with Crippen LogP contribution in [0.2, 0.25) is 0 Å². The van der Waals surface area contributed by atoms with Crippen molar-refractivity contribution in [1.82, 2.24) is 0 Å². The number of aryl methyl sites for hydroxylation is 1. The molecule has 1 nitrogen and oxygen atoms in total. The minimum absolute atomic E-state index is 0.0690. The zero-order valence-electron chi connectivity index (χ0n) is 11.2. The van der Waals surface area contributed by atoms with E-state index in [0.717, 1.165) is 16.7 Å². The number of benzene rings is 2. The fourth-order valence-electron chi connectivity index (χ4n) is 2.12. The lowest BCUT2D eigenvalue weighted by Gasteiger charge is -2.02. The molecular weight excluding hydrogens is 264 g/mol. The lowest BCUT2D eigenvalue weighted by Crippen LogP contribution is -2.00. The molecule has 0 fully saturated rings. The number of carbonyl (C=O) groups is 1. The molecule has 3 aromatic rings. The Hall–Kier alpha value is -2.19. The summed E-state index contributed by atoms with van der Waals surface area (Å²) in [5.74, 6) is 0.0690. The third-order valence-electron chi connectivity index (χ3n) is 3.20. The maximum absolute atomic E-state index is 12.3. The topological polar surface area (TPSA) is 17.1 Å². The zero-order valence-corrected chi connectivity index (χ0v) is 12.0. The Morgan fingerprint density at radius 2 is 1.55 bits per heavy atom. The van der Waals surface area contributed by atoms with Gasteiger partial charge in [0.15, 0.2) is 5.78 Å². The van der Waals surface area contributed by atoms with Gasteiger partial charge in [0.25, 0.3) is 0 Å². The molecule has 98 valence electrons. The first-order valence-corrected chi connectivity index (χ1v) is 7.37. The van der Waals surface area contributed by atoms with Gasteiger partial charge in [0.05, 0.1) is 0 Å². The van der Waals surface area contributed by atoms with Crippen LogP contribution < -0.4 is 0 Å². The van der Waals surface area contributed by atoms with E-state index in [2.05, 4.69) is 18.4 Å². The number of hydrogen-bond donors (Lipinski definition) is 0. The SMILES string of the molecule is Cc1csc(-c2ccc(C(=O)c3ccccc3)cc2)c1. The van der Waals surface area contributed by atoms with Crippen LogP contribution in [0.25, 0.3) is 10.4 Å². The lowest BCUT2D eigenvalue weighted by molar-refractivity contribution is 0.103. The van der Waals surface area contributed by atoms with E-state index in [4.69, 9.17) is 0 Å². The lowest BCUT2D eigenvalue weighted by atomic mass is 10.0. The van der Waals surface area contributed by atoms with Gasteiger partial charge in [0.1, 0.15) is 0 Å². The van der Waals surface area contributed by atoms with Crippen molar-refractivity contribution >= 4 is 17.1 Å². The van der Waals surface area contributed by atoms with Gasteiger partial charge < -0.3 is 0 Å². The monoisotopic (exact) mass is 278 g/mol. The number of carbonyl (C=O) groups excluding carboxylic acids is 1. The Kier molecular flexibility index (Phi) is 3.48. The smallest absolute Gasteiger partial charge is 0.193 e. The minimum atomic E-state index is 0.0690. The standard InChI is InChI=1S/C18H14OS/c1-13-11-17(20-12-13)14-7-9-16(10-8-14)18(19)15-5-3-2-4-6-15/h2-12H,1H3. The first-order chi connectivity index (χ1) is 9.74. The quantitative estimate of drug-likeness (QED) is 0.619. The molecule has 0 aliphatic rings. The summed E-state index contributed by atoms with van der Waals surface area (Å²) in [6, 6.07) is 19.4. The Morgan fingerprint density at radius 1 is 0.900 bits per heavy atom. The Labute approximate surface area is 122 Å². The average Bonchev–Trinajstić information content (AvgIpc) is 2.94. The van der Waals surface area contributed by atoms with Crippen LogP contribution in [0.1, 0.15) is 21.5 Å². The molecule has 2 heteroatoms. The molecule has 3 rings (SSSR count). The van der Waals surface area contributed by atoms with Gasteiger partial charge in [-0.25, -0.2) is 0 Å². The van der Waals surface area contributed by atoms with Crippen LogP contribution >= 0.6 is 11.3 Å². The molecule has 1 aromatic heterocycles. The Morgan fingerprint density at radius 3 is 2.15 bits per heavy atom. The highest BCUT2D eigenvalue weighted by atomic mass is 32.1. The van der Waals surface area contributed by atoms with Crippen molar-refractivity contribution in [2.24, 2.45) is 0 Å². The number of hydrogen-bond acceptors (Lipinski definition) is 2. The van der Waals surface area contributed by atoms with E-state index in [-0.39, 0.29) is 5.78 Å². The summed E-state index contributed by atoms with van der Waals surface area (Å²) in [6.45, 7) is 2.09. The first kappa shape index (κ1) is 12.8. The summed E-state index contributed by atoms with van der Waals surface area (Å²) < 4.78 is 0. The predicted molar refractivity (Wildman–Crippen MR) is 84.4 cm³/mol. The van der Waals surface area contributed by atoms with Gasteiger partial charge in [-0.1, -0.05) is 54.6 Å². The summed E-state index contributed by atoms with van der Waals surface area (Å²) in [5.41, 5.74) is 3.89. The molecule has 20 heavy (non-hydrogen) atoms. The van der Waals surface area contributed by atoms with E-state index in [9.17, 15) is 4.79 Å². The zero-order chi connectivity index (χ0) is 13.9. The summed E-state index contributed by atoms with van der Waals surface area (Å²) in [5, 5.41) is 2.14. The average molecular weight is 278 g/mol. The van der Waals surface area contributed by atoms with Gasteiger partial charge in [-0.2, -0.15) is 0 Å². The molecule has 0 N–H and O–H groups in total. The summed E-state index contributed by atoms with van der Waals surface area (Å²) in [4.78, 5) is 13.5. The van der Waals surface area contributed by atoms with Crippen molar-refractivity contribution in [3.63, 3.8) is 0 Å². The van der Waals surface area contributed by atoms with Crippen molar-refractivity contribution in [2.75, 3.05) is 0 Å². The molecule has 0 amide bonds. The fraction of sp³-hybridized carbons (Fsp3) is 0.0556. The van der Waals surface area contributed by atoms with E-state index in [0.29, 0.717) is 0 Å².